The lowest BCUT2D eigenvalue weighted by molar-refractivity contribution is -0.128. The minimum absolute atomic E-state index is 0.0878. The van der Waals surface area contributed by atoms with Gasteiger partial charge in [0.05, 0.1) is 0 Å². The van der Waals surface area contributed by atoms with Crippen molar-refractivity contribution in [3.05, 3.63) is 0 Å². The molecule has 76 valence electrons. The summed E-state index contributed by atoms with van der Waals surface area (Å²) in [5.74, 6) is 0.0878. The molecule has 0 bridgehead atoms. The maximum Gasteiger partial charge on any atom is 0.238 e. The number of nitrogens with two attached hydrogens (primary N) is 1. The van der Waals surface area contributed by atoms with E-state index in [4.69, 9.17) is 5.73 Å². The molecule has 1 rings (SSSR count). The minimum atomic E-state index is -0.0969. The van der Waals surface area contributed by atoms with Crippen molar-refractivity contribution >= 4 is 5.91 Å². The van der Waals surface area contributed by atoms with E-state index < -0.39 is 0 Å². The first-order valence-corrected chi connectivity index (χ1v) is 5.01. The number of nitrogens with one attached hydrogen (secondary N) is 1. The van der Waals surface area contributed by atoms with Crippen LogP contribution >= 0.6 is 0 Å². The highest BCUT2D eigenvalue weighted by atomic mass is 16.2. The average molecular weight is 185 g/mol. The third-order valence-corrected chi connectivity index (χ3v) is 2.46. The number of hydrogen-bond donors (Lipinski definition) is 2. The molecule has 0 aliphatic carbocycles. The van der Waals surface area contributed by atoms with Crippen molar-refractivity contribution in [2.45, 2.75) is 25.8 Å². The number of carbonyl (C=O) groups excluding carboxylic acids is 1. The fourth-order valence-electron chi connectivity index (χ4n) is 1.65. The second kappa shape index (κ2) is 5.19. The summed E-state index contributed by atoms with van der Waals surface area (Å²) >= 11 is 0. The number of carbonyl (C=O) groups is 1. The standard InChI is InChI=1S/C9H19N3O/c1-2-3-5-12-6-4-11-9(13)8(12)7-10/h8H,2-7,10H2,1H3,(H,11,13). The molecule has 0 radical (unpaired) electrons. The van der Waals surface area contributed by atoms with Gasteiger partial charge in [0.1, 0.15) is 6.04 Å². The van der Waals surface area contributed by atoms with Crippen molar-refractivity contribution < 1.29 is 4.79 Å². The van der Waals surface area contributed by atoms with Crippen molar-refractivity contribution in [3.8, 4) is 0 Å². The van der Waals surface area contributed by atoms with E-state index in [1.54, 1.807) is 0 Å². The predicted molar refractivity (Wildman–Crippen MR) is 52.3 cm³/mol. The smallest absolute Gasteiger partial charge is 0.238 e. The first-order chi connectivity index (χ1) is 6.29. The van der Waals surface area contributed by atoms with Crippen LogP contribution < -0.4 is 11.1 Å². The molecule has 1 aliphatic rings. The van der Waals surface area contributed by atoms with Crippen molar-refractivity contribution in [2.75, 3.05) is 26.2 Å². The van der Waals surface area contributed by atoms with Crippen LogP contribution in [0.3, 0.4) is 0 Å². The van der Waals surface area contributed by atoms with Crippen molar-refractivity contribution in [3.63, 3.8) is 0 Å². The van der Waals surface area contributed by atoms with Crippen LogP contribution in [0.2, 0.25) is 0 Å². The predicted octanol–water partition coefficient (Wildman–Crippen LogP) is -0.454. The Balaban J connectivity index is 2.44. The van der Waals surface area contributed by atoms with E-state index in [0.29, 0.717) is 6.54 Å². The normalized spacial score (nSPS) is 24.5. The molecule has 0 aromatic rings. The summed E-state index contributed by atoms with van der Waals surface area (Å²) in [5.41, 5.74) is 5.55. The van der Waals surface area contributed by atoms with Gasteiger partial charge in [0.2, 0.25) is 5.91 Å². The van der Waals surface area contributed by atoms with Gasteiger partial charge in [-0.1, -0.05) is 13.3 Å². The lowest BCUT2D eigenvalue weighted by Gasteiger charge is -2.34. The molecule has 0 saturated carbocycles. The Morgan fingerprint density at radius 2 is 2.46 bits per heavy atom. The van der Waals surface area contributed by atoms with E-state index in [9.17, 15) is 4.79 Å². The summed E-state index contributed by atoms with van der Waals surface area (Å²) in [7, 11) is 0. The van der Waals surface area contributed by atoms with E-state index >= 15 is 0 Å². The zero-order valence-corrected chi connectivity index (χ0v) is 8.25. The van der Waals surface area contributed by atoms with Crippen LogP contribution in [-0.2, 0) is 4.79 Å². The van der Waals surface area contributed by atoms with Gasteiger partial charge in [-0.3, -0.25) is 9.69 Å². The van der Waals surface area contributed by atoms with Crippen LogP contribution in [0.1, 0.15) is 19.8 Å². The summed E-state index contributed by atoms with van der Waals surface area (Å²) in [6.07, 6.45) is 2.30. The van der Waals surface area contributed by atoms with Gasteiger partial charge < -0.3 is 11.1 Å². The summed E-state index contributed by atoms with van der Waals surface area (Å²) in [4.78, 5) is 13.5. The minimum Gasteiger partial charge on any atom is -0.353 e. The molecule has 1 amide bonds. The number of piperazine rings is 1. The van der Waals surface area contributed by atoms with Gasteiger partial charge >= 0.3 is 0 Å². The second-order valence-corrected chi connectivity index (χ2v) is 3.43. The van der Waals surface area contributed by atoms with Gasteiger partial charge in [0, 0.05) is 19.6 Å². The fourth-order valence-corrected chi connectivity index (χ4v) is 1.65. The summed E-state index contributed by atoms with van der Waals surface area (Å²) < 4.78 is 0. The fraction of sp³-hybridized carbons (Fsp3) is 0.889. The molecule has 1 aliphatic heterocycles. The molecule has 0 aromatic heterocycles. The molecular weight excluding hydrogens is 166 g/mol. The van der Waals surface area contributed by atoms with E-state index in [1.807, 2.05) is 0 Å². The maximum atomic E-state index is 11.4. The second-order valence-electron chi connectivity index (χ2n) is 3.43. The highest BCUT2D eigenvalue weighted by Gasteiger charge is 2.27. The first kappa shape index (κ1) is 10.5. The largest absolute Gasteiger partial charge is 0.353 e. The highest BCUT2D eigenvalue weighted by molar-refractivity contribution is 5.82. The number of unbranched alkanes of at least 4 members (excludes halogenated alkanes) is 1. The lowest BCUT2D eigenvalue weighted by Crippen LogP contribution is -2.58. The summed E-state index contributed by atoms with van der Waals surface area (Å²) in [6.45, 7) is 5.27. The van der Waals surface area contributed by atoms with E-state index in [-0.39, 0.29) is 11.9 Å². The number of rotatable bonds is 4. The quantitative estimate of drug-likeness (QED) is 0.623. The van der Waals surface area contributed by atoms with Gasteiger partial charge in [-0.25, -0.2) is 0 Å². The topological polar surface area (TPSA) is 58.4 Å². The average Bonchev–Trinajstić information content (AvgIpc) is 2.15. The Morgan fingerprint density at radius 1 is 1.69 bits per heavy atom. The highest BCUT2D eigenvalue weighted by Crippen LogP contribution is 2.04. The molecule has 3 N–H and O–H groups in total. The molecule has 1 fully saturated rings. The van der Waals surface area contributed by atoms with Gasteiger partial charge in [-0.05, 0) is 13.0 Å². The molecule has 4 nitrogen and oxygen atoms in total. The summed E-state index contributed by atoms with van der Waals surface area (Å²) in [6, 6.07) is -0.0969. The Labute approximate surface area is 79.5 Å². The number of hydrogen-bond acceptors (Lipinski definition) is 3. The maximum absolute atomic E-state index is 11.4. The van der Waals surface area contributed by atoms with Crippen molar-refractivity contribution in [2.24, 2.45) is 5.73 Å². The molecule has 1 saturated heterocycles. The third kappa shape index (κ3) is 2.67. The van der Waals surface area contributed by atoms with Crippen LogP contribution in [-0.4, -0.2) is 43.0 Å². The Bertz CT molecular complexity index is 172. The molecule has 13 heavy (non-hydrogen) atoms. The molecule has 1 heterocycles. The van der Waals surface area contributed by atoms with E-state index in [2.05, 4.69) is 17.1 Å². The Kier molecular flexibility index (Phi) is 4.18. The zero-order chi connectivity index (χ0) is 9.68. The van der Waals surface area contributed by atoms with Gasteiger partial charge in [0.25, 0.3) is 0 Å². The van der Waals surface area contributed by atoms with Crippen LogP contribution in [0.25, 0.3) is 0 Å². The van der Waals surface area contributed by atoms with Gasteiger partial charge in [0.15, 0.2) is 0 Å². The third-order valence-electron chi connectivity index (χ3n) is 2.46. The SMILES string of the molecule is CCCCN1CCNC(=O)C1CN. The molecule has 4 heteroatoms. The van der Waals surface area contributed by atoms with Crippen molar-refractivity contribution in [1.82, 2.24) is 10.2 Å². The molecule has 1 atom stereocenters. The van der Waals surface area contributed by atoms with E-state index in [1.165, 1.54) is 0 Å². The Morgan fingerprint density at radius 3 is 3.08 bits per heavy atom. The number of nitrogens with zero attached hydrogens (tertiary/aromatic N) is 1. The van der Waals surface area contributed by atoms with E-state index in [0.717, 1.165) is 32.5 Å². The molecule has 0 aromatic carbocycles. The monoisotopic (exact) mass is 185 g/mol. The van der Waals surface area contributed by atoms with Crippen molar-refractivity contribution in [1.29, 1.82) is 0 Å². The van der Waals surface area contributed by atoms with Crippen LogP contribution in [0.15, 0.2) is 0 Å². The molecule has 0 spiro atoms. The molecular formula is C9H19N3O. The van der Waals surface area contributed by atoms with Crippen LogP contribution in [0.5, 0.6) is 0 Å². The van der Waals surface area contributed by atoms with Crippen LogP contribution in [0.4, 0.5) is 0 Å². The number of amides is 1. The van der Waals surface area contributed by atoms with Crippen LogP contribution in [0, 0.1) is 0 Å². The van der Waals surface area contributed by atoms with Gasteiger partial charge in [-0.2, -0.15) is 0 Å². The Hall–Kier alpha value is -0.610. The first-order valence-electron chi connectivity index (χ1n) is 5.01. The van der Waals surface area contributed by atoms with Gasteiger partial charge in [-0.15, -0.1) is 0 Å². The lowest BCUT2D eigenvalue weighted by atomic mass is 10.1. The summed E-state index contributed by atoms with van der Waals surface area (Å²) in [5, 5.41) is 2.83. The molecule has 1 unspecified atom stereocenters. The zero-order valence-electron chi connectivity index (χ0n) is 8.25.